The van der Waals surface area contributed by atoms with Gasteiger partial charge in [0.1, 0.15) is 5.82 Å². The molecule has 4 rings (SSSR count). The number of carbonyl (C=O) groups excluding carboxylic acids is 1. The topological polar surface area (TPSA) is 54.0 Å². The van der Waals surface area contributed by atoms with E-state index in [1.807, 2.05) is 60.0 Å². The lowest BCUT2D eigenvalue weighted by Crippen LogP contribution is -2.41. The molecule has 2 N–H and O–H groups in total. The van der Waals surface area contributed by atoms with Crippen molar-refractivity contribution in [2.45, 2.75) is 19.0 Å². The van der Waals surface area contributed by atoms with Crippen molar-refractivity contribution >= 4 is 22.9 Å². The fourth-order valence-electron chi connectivity index (χ4n) is 3.31. The molecule has 31 heavy (non-hydrogen) atoms. The first-order valence-electron chi connectivity index (χ1n) is 9.98. The molecule has 1 amide bonds. The van der Waals surface area contributed by atoms with Gasteiger partial charge in [-0.25, -0.2) is 9.37 Å². The molecule has 1 heterocycles. The van der Waals surface area contributed by atoms with Crippen molar-refractivity contribution in [1.82, 2.24) is 10.3 Å². The minimum absolute atomic E-state index is 0.115. The predicted octanol–water partition coefficient (Wildman–Crippen LogP) is 5.29. The first kappa shape index (κ1) is 20.9. The van der Waals surface area contributed by atoms with Crippen LogP contribution in [-0.2, 0) is 17.8 Å². The third kappa shape index (κ3) is 5.84. The number of anilines is 1. The van der Waals surface area contributed by atoms with Gasteiger partial charge < -0.3 is 5.32 Å². The fourth-order valence-corrected chi connectivity index (χ4v) is 3.87. The Bertz CT molecular complexity index is 1120. The number of amides is 1. The van der Waals surface area contributed by atoms with Gasteiger partial charge in [0.05, 0.1) is 17.2 Å². The lowest BCUT2D eigenvalue weighted by Gasteiger charge is -2.18. The van der Waals surface area contributed by atoms with Gasteiger partial charge in [0.25, 0.3) is 0 Å². The molecule has 0 saturated heterocycles. The fraction of sp³-hybridized carbons (Fsp3) is 0.120. The number of hydrogen-bond acceptors (Lipinski definition) is 4. The molecule has 1 atom stereocenters. The highest BCUT2D eigenvalue weighted by atomic mass is 32.1. The summed E-state index contributed by atoms with van der Waals surface area (Å²) in [5, 5.41) is 8.32. The van der Waals surface area contributed by atoms with Crippen LogP contribution < -0.4 is 10.6 Å². The molecule has 3 aromatic carbocycles. The molecule has 0 aliphatic heterocycles. The van der Waals surface area contributed by atoms with E-state index in [0.29, 0.717) is 18.7 Å². The van der Waals surface area contributed by atoms with Crippen LogP contribution in [0.4, 0.5) is 10.1 Å². The summed E-state index contributed by atoms with van der Waals surface area (Å²) in [7, 11) is 0. The molecule has 4 aromatic rings. The van der Waals surface area contributed by atoms with Crippen LogP contribution in [-0.4, -0.2) is 16.9 Å². The Balaban J connectivity index is 1.49. The number of nitrogens with one attached hydrogen (secondary N) is 2. The van der Waals surface area contributed by atoms with Crippen molar-refractivity contribution in [2.75, 3.05) is 5.32 Å². The lowest BCUT2D eigenvalue weighted by molar-refractivity contribution is -0.118. The highest BCUT2D eigenvalue weighted by Gasteiger charge is 2.19. The Labute approximate surface area is 184 Å². The summed E-state index contributed by atoms with van der Waals surface area (Å²) in [5.74, 6) is -0.390. The molecule has 0 fully saturated rings. The number of halogens is 1. The van der Waals surface area contributed by atoms with Crippen LogP contribution >= 0.6 is 11.3 Å². The summed E-state index contributed by atoms with van der Waals surface area (Å²) in [5.41, 5.74) is 6.26. The summed E-state index contributed by atoms with van der Waals surface area (Å²) in [6.07, 6.45) is 0.564. The first-order chi connectivity index (χ1) is 15.2. The maximum absolute atomic E-state index is 13.2. The van der Waals surface area contributed by atoms with E-state index in [2.05, 4.69) is 15.6 Å². The Kier molecular flexibility index (Phi) is 6.82. The standard InChI is InChI=1S/C25H22FN3OS/c26-21-11-9-19(10-12-21)20-7-4-8-22(14-20)29-25(30)24(13-18-5-2-1-3-6-18)27-15-23-16-31-17-28-23/h1-12,14,16-17,24,27H,13,15H2,(H,29,30). The number of carbonyl (C=O) groups is 1. The minimum atomic E-state index is -0.418. The Morgan fingerprint density at radius 2 is 1.77 bits per heavy atom. The van der Waals surface area contributed by atoms with Crippen molar-refractivity contribution in [3.05, 3.63) is 107 Å². The van der Waals surface area contributed by atoms with Gasteiger partial charge >= 0.3 is 0 Å². The number of aromatic nitrogens is 1. The molecule has 1 aromatic heterocycles. The van der Waals surface area contributed by atoms with Gasteiger partial charge in [-0.15, -0.1) is 11.3 Å². The average molecular weight is 432 g/mol. The zero-order valence-electron chi connectivity index (χ0n) is 16.8. The van der Waals surface area contributed by atoms with E-state index >= 15 is 0 Å². The smallest absolute Gasteiger partial charge is 0.241 e. The Morgan fingerprint density at radius 3 is 2.52 bits per heavy atom. The molecular weight excluding hydrogens is 409 g/mol. The molecule has 0 aliphatic carbocycles. The second kappa shape index (κ2) is 10.1. The van der Waals surface area contributed by atoms with Crippen LogP contribution in [0.15, 0.2) is 89.8 Å². The van der Waals surface area contributed by atoms with E-state index in [0.717, 1.165) is 22.4 Å². The maximum Gasteiger partial charge on any atom is 0.241 e. The highest BCUT2D eigenvalue weighted by Crippen LogP contribution is 2.23. The van der Waals surface area contributed by atoms with Crippen molar-refractivity contribution in [3.63, 3.8) is 0 Å². The van der Waals surface area contributed by atoms with E-state index in [4.69, 9.17) is 0 Å². The molecule has 0 bridgehead atoms. The Morgan fingerprint density at radius 1 is 0.968 bits per heavy atom. The van der Waals surface area contributed by atoms with E-state index in [-0.39, 0.29) is 11.7 Å². The maximum atomic E-state index is 13.2. The van der Waals surface area contributed by atoms with Gasteiger partial charge in [0, 0.05) is 17.6 Å². The van der Waals surface area contributed by atoms with E-state index < -0.39 is 6.04 Å². The number of nitrogens with zero attached hydrogens (tertiary/aromatic N) is 1. The third-order valence-electron chi connectivity index (χ3n) is 4.92. The zero-order chi connectivity index (χ0) is 21.5. The van der Waals surface area contributed by atoms with Gasteiger partial charge in [0.15, 0.2) is 0 Å². The monoisotopic (exact) mass is 431 g/mol. The van der Waals surface area contributed by atoms with Crippen LogP contribution in [0.5, 0.6) is 0 Å². The molecule has 0 spiro atoms. The molecule has 6 heteroatoms. The quantitative estimate of drug-likeness (QED) is 0.399. The summed E-state index contributed by atoms with van der Waals surface area (Å²) in [4.78, 5) is 17.4. The second-order valence-electron chi connectivity index (χ2n) is 7.18. The number of thiazole rings is 1. The van der Waals surface area contributed by atoms with Gasteiger partial charge in [-0.2, -0.15) is 0 Å². The SMILES string of the molecule is O=C(Nc1cccc(-c2ccc(F)cc2)c1)C(Cc1ccccc1)NCc1cscn1. The third-order valence-corrected chi connectivity index (χ3v) is 5.56. The Hall–Kier alpha value is -3.35. The van der Waals surface area contributed by atoms with E-state index in [1.165, 1.54) is 23.5 Å². The van der Waals surface area contributed by atoms with Crippen molar-refractivity contribution in [2.24, 2.45) is 0 Å². The highest BCUT2D eigenvalue weighted by molar-refractivity contribution is 7.07. The molecule has 1 unspecified atom stereocenters. The van der Waals surface area contributed by atoms with Gasteiger partial charge in [-0.3, -0.25) is 10.1 Å². The normalized spacial score (nSPS) is 11.8. The number of hydrogen-bond donors (Lipinski definition) is 2. The largest absolute Gasteiger partial charge is 0.325 e. The van der Waals surface area contributed by atoms with Crippen LogP contribution in [0.2, 0.25) is 0 Å². The van der Waals surface area contributed by atoms with Crippen LogP contribution in [0.3, 0.4) is 0 Å². The summed E-state index contributed by atoms with van der Waals surface area (Å²) >= 11 is 1.53. The summed E-state index contributed by atoms with van der Waals surface area (Å²) < 4.78 is 13.2. The van der Waals surface area contributed by atoms with Crippen LogP contribution in [0.1, 0.15) is 11.3 Å². The van der Waals surface area contributed by atoms with Crippen LogP contribution in [0, 0.1) is 5.82 Å². The first-order valence-corrected chi connectivity index (χ1v) is 10.9. The van der Waals surface area contributed by atoms with Crippen LogP contribution in [0.25, 0.3) is 11.1 Å². The average Bonchev–Trinajstić information content (AvgIpc) is 3.31. The molecule has 0 radical (unpaired) electrons. The molecule has 4 nitrogen and oxygen atoms in total. The molecule has 0 saturated carbocycles. The van der Waals surface area contributed by atoms with E-state index in [9.17, 15) is 9.18 Å². The van der Waals surface area contributed by atoms with Gasteiger partial charge in [-0.05, 0) is 47.4 Å². The molecular formula is C25H22FN3OS. The molecule has 156 valence electrons. The van der Waals surface area contributed by atoms with Crippen molar-refractivity contribution in [1.29, 1.82) is 0 Å². The zero-order valence-corrected chi connectivity index (χ0v) is 17.6. The summed E-state index contributed by atoms with van der Waals surface area (Å²) in [6.45, 7) is 0.518. The lowest BCUT2D eigenvalue weighted by atomic mass is 10.0. The van der Waals surface area contributed by atoms with Gasteiger partial charge in [-0.1, -0.05) is 54.6 Å². The molecule has 0 aliphatic rings. The van der Waals surface area contributed by atoms with E-state index in [1.54, 1.807) is 17.6 Å². The second-order valence-corrected chi connectivity index (χ2v) is 7.90. The summed E-state index contributed by atoms with van der Waals surface area (Å²) in [6, 6.07) is 23.4. The predicted molar refractivity (Wildman–Crippen MR) is 123 cm³/mol. The number of rotatable bonds is 8. The van der Waals surface area contributed by atoms with Gasteiger partial charge in [0.2, 0.25) is 5.91 Å². The number of benzene rings is 3. The minimum Gasteiger partial charge on any atom is -0.325 e. The van der Waals surface area contributed by atoms with Crippen molar-refractivity contribution < 1.29 is 9.18 Å². The van der Waals surface area contributed by atoms with Crippen molar-refractivity contribution in [3.8, 4) is 11.1 Å².